The number of nitrogens with one attached hydrogen (secondary N) is 1. The summed E-state index contributed by atoms with van der Waals surface area (Å²) in [5.74, 6) is -1.15. The molecule has 0 aliphatic carbocycles. The van der Waals surface area contributed by atoms with Crippen LogP contribution in [0.3, 0.4) is 0 Å². The van der Waals surface area contributed by atoms with Gasteiger partial charge in [0.05, 0.1) is 0 Å². The predicted octanol–water partition coefficient (Wildman–Crippen LogP) is 0.788. The summed E-state index contributed by atoms with van der Waals surface area (Å²) in [4.78, 5) is 21.1. The van der Waals surface area contributed by atoms with Crippen molar-refractivity contribution in [3.05, 3.63) is 12.2 Å². The lowest BCUT2D eigenvalue weighted by Gasteiger charge is -2.15. The van der Waals surface area contributed by atoms with E-state index in [1.54, 1.807) is 0 Å². The number of rotatable bonds is 4. The molecule has 0 saturated carbocycles. The van der Waals surface area contributed by atoms with Crippen molar-refractivity contribution in [2.45, 2.75) is 26.8 Å². The molecular formula is C9H15NO3. The number of aliphatic carboxylic acids is 1. The lowest BCUT2D eigenvalue weighted by molar-refractivity contribution is -0.131. The van der Waals surface area contributed by atoms with Gasteiger partial charge in [0.1, 0.15) is 0 Å². The van der Waals surface area contributed by atoms with Gasteiger partial charge in [-0.1, -0.05) is 13.8 Å². The standard InChI is InChI=1S/C9H15NO3/c1-6(2)7(3)10-8(11)4-5-9(12)13/h4-7H,1-3H3,(H,10,11)(H,12,13). The van der Waals surface area contributed by atoms with Gasteiger partial charge in [0, 0.05) is 18.2 Å². The van der Waals surface area contributed by atoms with Crippen LogP contribution < -0.4 is 5.32 Å². The van der Waals surface area contributed by atoms with Crippen LogP contribution in [0.2, 0.25) is 0 Å². The molecule has 2 N–H and O–H groups in total. The molecule has 0 heterocycles. The molecule has 74 valence electrons. The van der Waals surface area contributed by atoms with E-state index < -0.39 is 5.97 Å². The van der Waals surface area contributed by atoms with Crippen LogP contribution in [-0.4, -0.2) is 23.0 Å². The van der Waals surface area contributed by atoms with E-state index in [9.17, 15) is 9.59 Å². The molecule has 0 saturated heterocycles. The Morgan fingerprint density at radius 1 is 1.23 bits per heavy atom. The second kappa shape index (κ2) is 5.35. The van der Waals surface area contributed by atoms with E-state index in [4.69, 9.17) is 5.11 Å². The Morgan fingerprint density at radius 2 is 1.77 bits per heavy atom. The van der Waals surface area contributed by atoms with Crippen molar-refractivity contribution < 1.29 is 14.7 Å². The maximum atomic E-state index is 11.0. The van der Waals surface area contributed by atoms with E-state index in [0.717, 1.165) is 12.2 Å². The summed E-state index contributed by atoms with van der Waals surface area (Å²) in [5, 5.41) is 10.9. The highest BCUT2D eigenvalue weighted by Gasteiger charge is 2.08. The molecule has 4 nitrogen and oxygen atoms in total. The van der Waals surface area contributed by atoms with E-state index in [1.807, 2.05) is 20.8 Å². The number of amides is 1. The largest absolute Gasteiger partial charge is 0.478 e. The summed E-state index contributed by atoms with van der Waals surface area (Å²) in [6.07, 6.45) is 1.84. The minimum Gasteiger partial charge on any atom is -0.478 e. The molecule has 0 bridgehead atoms. The van der Waals surface area contributed by atoms with Gasteiger partial charge in [0.2, 0.25) is 5.91 Å². The van der Waals surface area contributed by atoms with Gasteiger partial charge in [0.25, 0.3) is 0 Å². The summed E-state index contributed by atoms with van der Waals surface area (Å²) in [7, 11) is 0. The average molecular weight is 185 g/mol. The first-order chi connectivity index (χ1) is 5.93. The van der Waals surface area contributed by atoms with Gasteiger partial charge in [-0.2, -0.15) is 0 Å². The lowest BCUT2D eigenvalue weighted by atomic mass is 10.1. The van der Waals surface area contributed by atoms with Gasteiger partial charge in [0.15, 0.2) is 0 Å². The van der Waals surface area contributed by atoms with E-state index >= 15 is 0 Å². The predicted molar refractivity (Wildman–Crippen MR) is 49.2 cm³/mol. The second-order valence-corrected chi connectivity index (χ2v) is 3.21. The second-order valence-electron chi connectivity index (χ2n) is 3.21. The zero-order chi connectivity index (χ0) is 10.4. The zero-order valence-electron chi connectivity index (χ0n) is 8.07. The Bertz CT molecular complexity index is 221. The van der Waals surface area contributed by atoms with Crippen molar-refractivity contribution in [1.29, 1.82) is 0 Å². The molecule has 0 aromatic rings. The van der Waals surface area contributed by atoms with Crippen LogP contribution in [0, 0.1) is 5.92 Å². The Morgan fingerprint density at radius 3 is 2.15 bits per heavy atom. The summed E-state index contributed by atoms with van der Waals surface area (Å²) in [5.41, 5.74) is 0. The van der Waals surface area contributed by atoms with Gasteiger partial charge in [-0.3, -0.25) is 4.79 Å². The smallest absolute Gasteiger partial charge is 0.328 e. The molecule has 0 rings (SSSR count). The number of carbonyl (C=O) groups excluding carboxylic acids is 1. The SMILES string of the molecule is CC(C)C(C)NC(=O)C=CC(=O)O. The average Bonchev–Trinajstić information content (AvgIpc) is 2.00. The first kappa shape index (κ1) is 11.7. The van der Waals surface area contributed by atoms with Crippen molar-refractivity contribution in [2.75, 3.05) is 0 Å². The van der Waals surface area contributed by atoms with E-state index in [-0.39, 0.29) is 11.9 Å². The van der Waals surface area contributed by atoms with Crippen LogP contribution in [0.25, 0.3) is 0 Å². The topological polar surface area (TPSA) is 66.4 Å². The van der Waals surface area contributed by atoms with Crippen molar-refractivity contribution in [3.63, 3.8) is 0 Å². The van der Waals surface area contributed by atoms with Crippen LogP contribution in [0.4, 0.5) is 0 Å². The summed E-state index contributed by atoms with van der Waals surface area (Å²) in [6, 6.07) is 0.0472. The lowest BCUT2D eigenvalue weighted by Crippen LogP contribution is -2.34. The van der Waals surface area contributed by atoms with Crippen LogP contribution in [-0.2, 0) is 9.59 Å². The van der Waals surface area contributed by atoms with Crippen LogP contribution >= 0.6 is 0 Å². The summed E-state index contributed by atoms with van der Waals surface area (Å²) in [6.45, 7) is 5.83. The molecule has 1 atom stereocenters. The third kappa shape index (κ3) is 5.90. The number of hydrogen-bond acceptors (Lipinski definition) is 2. The molecule has 0 radical (unpaired) electrons. The van der Waals surface area contributed by atoms with Gasteiger partial charge >= 0.3 is 5.97 Å². The molecule has 0 aliphatic heterocycles. The van der Waals surface area contributed by atoms with Gasteiger partial charge in [-0.15, -0.1) is 0 Å². The van der Waals surface area contributed by atoms with E-state index in [1.165, 1.54) is 0 Å². The molecule has 0 fully saturated rings. The third-order valence-electron chi connectivity index (χ3n) is 1.75. The molecule has 0 aromatic heterocycles. The normalized spacial score (nSPS) is 13.2. The molecule has 4 heteroatoms. The fourth-order valence-corrected chi connectivity index (χ4v) is 0.586. The molecular weight excluding hydrogens is 170 g/mol. The highest BCUT2D eigenvalue weighted by atomic mass is 16.4. The van der Waals surface area contributed by atoms with Crippen LogP contribution in [0.15, 0.2) is 12.2 Å². The van der Waals surface area contributed by atoms with Gasteiger partial charge < -0.3 is 10.4 Å². The Kier molecular flexibility index (Phi) is 4.80. The summed E-state index contributed by atoms with van der Waals surface area (Å²) >= 11 is 0. The molecule has 1 amide bonds. The first-order valence-electron chi connectivity index (χ1n) is 4.15. The monoisotopic (exact) mass is 185 g/mol. The van der Waals surface area contributed by atoms with Crippen molar-refractivity contribution in [3.8, 4) is 0 Å². The minimum atomic E-state index is -1.12. The van der Waals surface area contributed by atoms with Gasteiger partial charge in [-0.25, -0.2) is 4.79 Å². The zero-order valence-corrected chi connectivity index (χ0v) is 8.07. The molecule has 0 spiro atoms. The molecule has 0 aliphatic rings. The Balaban J connectivity index is 3.95. The van der Waals surface area contributed by atoms with Crippen molar-refractivity contribution in [1.82, 2.24) is 5.32 Å². The van der Waals surface area contributed by atoms with Crippen LogP contribution in [0.5, 0.6) is 0 Å². The molecule has 0 aromatic carbocycles. The van der Waals surface area contributed by atoms with Gasteiger partial charge in [-0.05, 0) is 12.8 Å². The minimum absolute atomic E-state index is 0.0472. The fraction of sp³-hybridized carbons (Fsp3) is 0.556. The van der Waals surface area contributed by atoms with E-state index in [2.05, 4.69) is 5.32 Å². The molecule has 13 heavy (non-hydrogen) atoms. The first-order valence-corrected chi connectivity index (χ1v) is 4.15. The quantitative estimate of drug-likeness (QED) is 0.636. The summed E-state index contributed by atoms with van der Waals surface area (Å²) < 4.78 is 0. The third-order valence-corrected chi connectivity index (χ3v) is 1.75. The Hall–Kier alpha value is -1.32. The maximum Gasteiger partial charge on any atom is 0.328 e. The van der Waals surface area contributed by atoms with Crippen molar-refractivity contribution >= 4 is 11.9 Å². The maximum absolute atomic E-state index is 11.0. The highest BCUT2D eigenvalue weighted by molar-refractivity contribution is 5.93. The number of carboxylic acids is 1. The highest BCUT2D eigenvalue weighted by Crippen LogP contribution is 1.99. The van der Waals surface area contributed by atoms with Crippen LogP contribution in [0.1, 0.15) is 20.8 Å². The Labute approximate surface area is 77.6 Å². The van der Waals surface area contributed by atoms with Crippen molar-refractivity contribution in [2.24, 2.45) is 5.92 Å². The number of carboxylic acid groups (broad SMARTS) is 1. The number of hydrogen-bond donors (Lipinski definition) is 2. The van der Waals surface area contributed by atoms with E-state index in [0.29, 0.717) is 5.92 Å². The number of carbonyl (C=O) groups is 2. The fourth-order valence-electron chi connectivity index (χ4n) is 0.586. The molecule has 1 unspecified atom stereocenters.